The molecule has 0 bridgehead atoms. The monoisotopic (exact) mass is 387 g/mol. The molecule has 2 aromatic rings. The van der Waals surface area contributed by atoms with Gasteiger partial charge in [0.15, 0.2) is 12.4 Å². The van der Waals surface area contributed by atoms with Crippen molar-refractivity contribution in [3.8, 4) is 5.75 Å². The first-order valence-electron chi connectivity index (χ1n) is 8.41. The number of hydrogen-bond donors (Lipinski definition) is 1. The molecule has 0 radical (unpaired) electrons. The van der Waals surface area contributed by atoms with Crippen LogP contribution >= 0.6 is 11.6 Å². The van der Waals surface area contributed by atoms with Crippen LogP contribution in [-0.4, -0.2) is 30.9 Å². The number of halogens is 1. The third-order valence-corrected chi connectivity index (χ3v) is 4.40. The standard InChI is InChI=1S/C20H18ClNO5/c1-12(23)13-3-2-4-17(9-13)22-19(24)11-27-20(25)15-7-14-8-16(21)5-6-18(14)26-10-15/h2-6,8-9,15H,7,10-11H2,1H3,(H,22,24)/t15-/m1/s1. The molecule has 2 aromatic carbocycles. The maximum atomic E-state index is 12.2. The van der Waals surface area contributed by atoms with Crippen molar-refractivity contribution >= 4 is 34.9 Å². The van der Waals surface area contributed by atoms with E-state index >= 15 is 0 Å². The fourth-order valence-electron chi connectivity index (χ4n) is 2.78. The SMILES string of the molecule is CC(=O)c1cccc(NC(=O)COC(=O)[C@H]2COc3ccc(Cl)cc3C2)c1. The number of hydrogen-bond acceptors (Lipinski definition) is 5. The molecule has 3 rings (SSSR count). The van der Waals surface area contributed by atoms with E-state index in [9.17, 15) is 14.4 Å². The number of Topliss-reactive ketones (excluding diaryl/α,β-unsaturated/α-hetero) is 1. The molecule has 0 saturated carbocycles. The highest BCUT2D eigenvalue weighted by atomic mass is 35.5. The van der Waals surface area contributed by atoms with E-state index in [1.165, 1.54) is 6.92 Å². The van der Waals surface area contributed by atoms with E-state index < -0.39 is 24.4 Å². The average molecular weight is 388 g/mol. The van der Waals surface area contributed by atoms with E-state index in [1.807, 2.05) is 0 Å². The van der Waals surface area contributed by atoms with Gasteiger partial charge in [-0.3, -0.25) is 14.4 Å². The van der Waals surface area contributed by atoms with E-state index in [1.54, 1.807) is 42.5 Å². The van der Waals surface area contributed by atoms with Gasteiger partial charge < -0.3 is 14.8 Å². The zero-order valence-corrected chi connectivity index (χ0v) is 15.4. The molecule has 0 aromatic heterocycles. The van der Waals surface area contributed by atoms with Crippen molar-refractivity contribution in [3.63, 3.8) is 0 Å². The van der Waals surface area contributed by atoms with Crippen molar-refractivity contribution in [2.45, 2.75) is 13.3 Å². The Hall–Kier alpha value is -2.86. The molecule has 0 saturated heterocycles. The smallest absolute Gasteiger partial charge is 0.313 e. The van der Waals surface area contributed by atoms with Crippen LogP contribution in [0.15, 0.2) is 42.5 Å². The number of amides is 1. The predicted molar refractivity (Wildman–Crippen MR) is 100 cm³/mol. The van der Waals surface area contributed by atoms with Gasteiger partial charge >= 0.3 is 5.97 Å². The van der Waals surface area contributed by atoms with Crippen molar-refractivity contribution in [1.29, 1.82) is 0 Å². The first-order valence-corrected chi connectivity index (χ1v) is 8.79. The lowest BCUT2D eigenvalue weighted by Crippen LogP contribution is -2.32. The molecule has 0 unspecified atom stereocenters. The molecule has 1 aliphatic heterocycles. The minimum atomic E-state index is -0.506. The lowest BCUT2D eigenvalue weighted by atomic mass is 9.97. The summed E-state index contributed by atoms with van der Waals surface area (Å²) >= 11 is 5.97. The first kappa shape index (κ1) is 18.9. The summed E-state index contributed by atoms with van der Waals surface area (Å²) in [6, 6.07) is 11.8. The number of fused-ring (bicyclic) bond motifs is 1. The van der Waals surface area contributed by atoms with Crippen molar-refractivity contribution in [1.82, 2.24) is 0 Å². The minimum absolute atomic E-state index is 0.102. The van der Waals surface area contributed by atoms with Crippen LogP contribution in [0.25, 0.3) is 0 Å². The summed E-state index contributed by atoms with van der Waals surface area (Å²) in [4.78, 5) is 35.6. The van der Waals surface area contributed by atoms with Crippen LogP contribution < -0.4 is 10.1 Å². The van der Waals surface area contributed by atoms with Gasteiger partial charge in [0.25, 0.3) is 5.91 Å². The summed E-state index contributed by atoms with van der Waals surface area (Å²) in [5, 5.41) is 3.17. The maximum Gasteiger partial charge on any atom is 0.313 e. The van der Waals surface area contributed by atoms with Crippen LogP contribution in [0.2, 0.25) is 5.02 Å². The second kappa shape index (κ2) is 8.22. The Morgan fingerprint density at radius 1 is 1.22 bits per heavy atom. The predicted octanol–water partition coefficient (Wildman–Crippen LogP) is 3.28. The fourth-order valence-corrected chi connectivity index (χ4v) is 2.98. The molecule has 7 heteroatoms. The van der Waals surface area contributed by atoms with Crippen molar-refractivity contribution in [3.05, 3.63) is 58.6 Å². The number of rotatable bonds is 5. The number of benzene rings is 2. The van der Waals surface area contributed by atoms with Crippen molar-refractivity contribution in [2.24, 2.45) is 5.92 Å². The molecule has 1 aliphatic rings. The Kier molecular flexibility index (Phi) is 5.76. The molecule has 0 fully saturated rings. The third kappa shape index (κ3) is 4.86. The molecule has 1 N–H and O–H groups in total. The Morgan fingerprint density at radius 3 is 2.81 bits per heavy atom. The van der Waals surface area contributed by atoms with Gasteiger partial charge in [0.05, 0.1) is 5.92 Å². The minimum Gasteiger partial charge on any atom is -0.492 e. The lowest BCUT2D eigenvalue weighted by molar-refractivity contribution is -0.152. The van der Waals surface area contributed by atoms with Crippen LogP contribution in [0.3, 0.4) is 0 Å². The molecule has 0 spiro atoms. The number of ketones is 1. The van der Waals surface area contributed by atoms with Crippen LogP contribution in [0, 0.1) is 5.92 Å². The molecule has 1 amide bonds. The molecule has 27 heavy (non-hydrogen) atoms. The number of ether oxygens (including phenoxy) is 2. The zero-order valence-electron chi connectivity index (χ0n) is 14.7. The van der Waals surface area contributed by atoms with Crippen LogP contribution in [0.5, 0.6) is 5.75 Å². The number of nitrogens with one attached hydrogen (secondary N) is 1. The van der Waals surface area contributed by atoms with E-state index in [0.29, 0.717) is 28.4 Å². The quantitative estimate of drug-likeness (QED) is 0.629. The Balaban J connectivity index is 1.52. The first-order chi connectivity index (χ1) is 12.9. The van der Waals surface area contributed by atoms with Crippen LogP contribution in [-0.2, 0) is 20.7 Å². The molecule has 140 valence electrons. The summed E-state index contributed by atoms with van der Waals surface area (Å²) in [6.07, 6.45) is 0.441. The largest absolute Gasteiger partial charge is 0.492 e. The normalized spacial score (nSPS) is 15.3. The fraction of sp³-hybridized carbons (Fsp3) is 0.250. The Bertz CT molecular complexity index is 896. The van der Waals surface area contributed by atoms with Gasteiger partial charge in [-0.15, -0.1) is 0 Å². The van der Waals surface area contributed by atoms with E-state index in [4.69, 9.17) is 21.1 Å². The summed E-state index contributed by atoms with van der Waals surface area (Å²) in [5.41, 5.74) is 1.79. The Morgan fingerprint density at radius 2 is 2.04 bits per heavy atom. The molecule has 6 nitrogen and oxygen atoms in total. The van der Waals surface area contributed by atoms with Gasteiger partial charge in [-0.25, -0.2) is 0 Å². The summed E-state index contributed by atoms with van der Waals surface area (Å²) < 4.78 is 10.7. The van der Waals surface area contributed by atoms with Crippen LogP contribution in [0.1, 0.15) is 22.8 Å². The highest BCUT2D eigenvalue weighted by Gasteiger charge is 2.28. The maximum absolute atomic E-state index is 12.2. The average Bonchev–Trinajstić information content (AvgIpc) is 2.65. The number of carbonyl (C=O) groups excluding carboxylic acids is 3. The van der Waals surface area contributed by atoms with Gasteiger partial charge in [0.2, 0.25) is 0 Å². The van der Waals surface area contributed by atoms with Gasteiger partial charge in [-0.1, -0.05) is 23.7 Å². The second-order valence-corrected chi connectivity index (χ2v) is 6.69. The van der Waals surface area contributed by atoms with E-state index in [-0.39, 0.29) is 12.4 Å². The molecule has 1 heterocycles. The Labute approximate surface area is 161 Å². The molecule has 1 atom stereocenters. The third-order valence-electron chi connectivity index (χ3n) is 4.16. The van der Waals surface area contributed by atoms with Gasteiger partial charge in [0, 0.05) is 16.3 Å². The second-order valence-electron chi connectivity index (χ2n) is 6.26. The molecular weight excluding hydrogens is 370 g/mol. The van der Waals surface area contributed by atoms with Crippen molar-refractivity contribution < 1.29 is 23.9 Å². The van der Waals surface area contributed by atoms with E-state index in [0.717, 1.165) is 5.56 Å². The molecular formula is C20H18ClNO5. The van der Waals surface area contributed by atoms with E-state index in [2.05, 4.69) is 5.32 Å². The van der Waals surface area contributed by atoms with Crippen molar-refractivity contribution in [2.75, 3.05) is 18.5 Å². The number of anilines is 1. The van der Waals surface area contributed by atoms with Gasteiger partial charge in [-0.05, 0) is 49.2 Å². The van der Waals surface area contributed by atoms with Gasteiger partial charge in [-0.2, -0.15) is 0 Å². The summed E-state index contributed by atoms with van der Waals surface area (Å²) in [5.74, 6) is -0.885. The topological polar surface area (TPSA) is 81.7 Å². The van der Waals surface area contributed by atoms with Crippen LogP contribution in [0.4, 0.5) is 5.69 Å². The highest BCUT2D eigenvalue weighted by Crippen LogP contribution is 2.30. The summed E-state index contributed by atoms with van der Waals surface area (Å²) in [6.45, 7) is 1.22. The number of carbonyl (C=O) groups is 3. The lowest BCUT2D eigenvalue weighted by Gasteiger charge is -2.24. The summed E-state index contributed by atoms with van der Waals surface area (Å²) in [7, 11) is 0. The zero-order chi connectivity index (χ0) is 19.4. The molecule has 0 aliphatic carbocycles. The highest BCUT2D eigenvalue weighted by molar-refractivity contribution is 6.30. The van der Waals surface area contributed by atoms with Gasteiger partial charge in [0.1, 0.15) is 12.4 Å². The number of esters is 1.